The van der Waals surface area contributed by atoms with E-state index in [0.717, 1.165) is 35.6 Å². The molecule has 4 nitrogen and oxygen atoms in total. The molecule has 1 fully saturated rings. The number of hydrogen-bond donors (Lipinski definition) is 1. The van der Waals surface area contributed by atoms with E-state index in [9.17, 15) is 0 Å². The van der Waals surface area contributed by atoms with Crippen LogP contribution >= 0.6 is 22.9 Å². The summed E-state index contributed by atoms with van der Waals surface area (Å²) in [6.07, 6.45) is 1.87. The molecule has 0 aliphatic carbocycles. The van der Waals surface area contributed by atoms with Crippen molar-refractivity contribution in [2.45, 2.75) is 19.1 Å². The maximum Gasteiger partial charge on any atom is 0.114 e. The van der Waals surface area contributed by atoms with Crippen LogP contribution in [-0.2, 0) is 4.74 Å². The van der Waals surface area contributed by atoms with Crippen LogP contribution in [-0.4, -0.2) is 49.3 Å². The fourth-order valence-corrected chi connectivity index (χ4v) is 3.35. The average molecular weight is 276 g/mol. The number of thiazole rings is 1. The van der Waals surface area contributed by atoms with Crippen molar-refractivity contribution in [2.75, 3.05) is 33.3 Å². The molecule has 0 amide bonds. The number of nitrogens with one attached hydrogen (secondary N) is 1. The van der Waals surface area contributed by atoms with Crippen molar-refractivity contribution in [3.8, 4) is 0 Å². The van der Waals surface area contributed by atoms with Gasteiger partial charge in [0.1, 0.15) is 9.34 Å². The monoisotopic (exact) mass is 275 g/mol. The third kappa shape index (κ3) is 2.98. The lowest BCUT2D eigenvalue weighted by atomic mass is 10.1. The molecule has 96 valence electrons. The molecule has 0 radical (unpaired) electrons. The van der Waals surface area contributed by atoms with E-state index in [-0.39, 0.29) is 12.1 Å². The van der Waals surface area contributed by atoms with Crippen molar-refractivity contribution < 1.29 is 4.74 Å². The summed E-state index contributed by atoms with van der Waals surface area (Å²) in [5, 5.41) is 4.23. The minimum Gasteiger partial charge on any atom is -0.373 e. The fraction of sp³-hybridized carbons (Fsp3) is 0.727. The molecule has 1 aromatic heterocycles. The molecular weight excluding hydrogens is 258 g/mol. The first kappa shape index (κ1) is 13.2. The maximum absolute atomic E-state index is 5.98. The lowest BCUT2D eigenvalue weighted by Gasteiger charge is -2.39. The summed E-state index contributed by atoms with van der Waals surface area (Å²) in [6, 6.07) is 0.221. The predicted octanol–water partition coefficient (Wildman–Crippen LogP) is 1.78. The van der Waals surface area contributed by atoms with Crippen LogP contribution in [0.5, 0.6) is 0 Å². The molecule has 17 heavy (non-hydrogen) atoms. The van der Waals surface area contributed by atoms with Gasteiger partial charge in [0.05, 0.1) is 24.9 Å². The van der Waals surface area contributed by atoms with E-state index in [1.807, 2.05) is 7.05 Å². The Morgan fingerprint density at radius 3 is 3.12 bits per heavy atom. The molecule has 0 bridgehead atoms. The standard InChI is InChI=1S/C11H18ClN3OS/c1-3-15-4-5-16-8(6-13-2)10(15)11-14-7-9(12)17-11/h7-8,10,13H,3-6H2,1-2H3. The normalized spacial score (nSPS) is 26.3. The van der Waals surface area contributed by atoms with Gasteiger partial charge >= 0.3 is 0 Å². The summed E-state index contributed by atoms with van der Waals surface area (Å²) in [4.78, 5) is 6.81. The summed E-state index contributed by atoms with van der Waals surface area (Å²) >= 11 is 7.52. The van der Waals surface area contributed by atoms with Crippen molar-refractivity contribution in [1.29, 1.82) is 0 Å². The third-order valence-corrected chi connectivity index (χ3v) is 4.20. The molecule has 2 heterocycles. The van der Waals surface area contributed by atoms with Crippen LogP contribution in [0.25, 0.3) is 0 Å². The number of morpholine rings is 1. The second-order valence-corrected chi connectivity index (χ2v) is 5.74. The second-order valence-electron chi connectivity index (χ2n) is 4.04. The first-order valence-electron chi connectivity index (χ1n) is 5.87. The highest BCUT2D eigenvalue weighted by molar-refractivity contribution is 7.15. The zero-order valence-electron chi connectivity index (χ0n) is 10.1. The summed E-state index contributed by atoms with van der Waals surface area (Å²) in [7, 11) is 1.94. The number of ether oxygens (including phenoxy) is 1. The quantitative estimate of drug-likeness (QED) is 0.909. The van der Waals surface area contributed by atoms with Crippen molar-refractivity contribution in [1.82, 2.24) is 15.2 Å². The molecule has 6 heteroatoms. The van der Waals surface area contributed by atoms with E-state index in [0.29, 0.717) is 0 Å². The van der Waals surface area contributed by atoms with Gasteiger partial charge in [-0.3, -0.25) is 4.90 Å². The molecule has 2 atom stereocenters. The van der Waals surface area contributed by atoms with Gasteiger partial charge in [0.2, 0.25) is 0 Å². The zero-order chi connectivity index (χ0) is 12.3. The second kappa shape index (κ2) is 6.11. The van der Waals surface area contributed by atoms with Gasteiger partial charge in [0, 0.05) is 13.1 Å². The van der Waals surface area contributed by atoms with Crippen LogP contribution in [0.2, 0.25) is 4.34 Å². The number of aromatic nitrogens is 1. The molecule has 1 N–H and O–H groups in total. The lowest BCUT2D eigenvalue weighted by molar-refractivity contribution is -0.0687. The summed E-state index contributed by atoms with van der Waals surface area (Å²) in [5.41, 5.74) is 0. The van der Waals surface area contributed by atoms with Crippen LogP contribution in [0.4, 0.5) is 0 Å². The highest BCUT2D eigenvalue weighted by Crippen LogP contribution is 2.33. The van der Waals surface area contributed by atoms with E-state index in [1.165, 1.54) is 0 Å². The summed E-state index contributed by atoms with van der Waals surface area (Å²) < 4.78 is 6.59. The van der Waals surface area contributed by atoms with Gasteiger partial charge in [0.15, 0.2) is 0 Å². The Hall–Kier alpha value is -0.200. The molecule has 2 unspecified atom stereocenters. The topological polar surface area (TPSA) is 37.4 Å². The van der Waals surface area contributed by atoms with Gasteiger partial charge in [0.25, 0.3) is 0 Å². The van der Waals surface area contributed by atoms with Gasteiger partial charge < -0.3 is 10.1 Å². The number of halogens is 1. The van der Waals surface area contributed by atoms with Crippen LogP contribution in [0, 0.1) is 0 Å². The van der Waals surface area contributed by atoms with E-state index < -0.39 is 0 Å². The van der Waals surface area contributed by atoms with Crippen LogP contribution in [0.3, 0.4) is 0 Å². The predicted molar refractivity (Wildman–Crippen MR) is 70.8 cm³/mol. The first-order chi connectivity index (χ1) is 8.26. The Bertz CT molecular complexity index is 358. The molecule has 0 spiro atoms. The van der Waals surface area contributed by atoms with Gasteiger partial charge in [-0.2, -0.15) is 0 Å². The third-order valence-electron chi connectivity index (χ3n) is 3.02. The Balaban J connectivity index is 2.21. The maximum atomic E-state index is 5.98. The smallest absolute Gasteiger partial charge is 0.114 e. The van der Waals surface area contributed by atoms with Gasteiger partial charge in [-0.15, -0.1) is 11.3 Å². The molecule has 1 aromatic rings. The number of rotatable bonds is 4. The minimum absolute atomic E-state index is 0.149. The molecule has 0 saturated carbocycles. The van der Waals surface area contributed by atoms with Crippen LogP contribution < -0.4 is 5.32 Å². The van der Waals surface area contributed by atoms with Crippen LogP contribution in [0.1, 0.15) is 18.0 Å². The zero-order valence-corrected chi connectivity index (χ0v) is 11.7. The van der Waals surface area contributed by atoms with E-state index in [1.54, 1.807) is 17.5 Å². The Labute approximate surface area is 111 Å². The van der Waals surface area contributed by atoms with Gasteiger partial charge in [-0.1, -0.05) is 18.5 Å². The molecule has 1 aliphatic rings. The molecule has 0 aromatic carbocycles. The number of hydrogen-bond acceptors (Lipinski definition) is 5. The highest BCUT2D eigenvalue weighted by atomic mass is 35.5. The van der Waals surface area contributed by atoms with E-state index in [2.05, 4.69) is 22.1 Å². The van der Waals surface area contributed by atoms with E-state index >= 15 is 0 Å². The van der Waals surface area contributed by atoms with Crippen molar-refractivity contribution >= 4 is 22.9 Å². The average Bonchev–Trinajstić information content (AvgIpc) is 2.75. The fourth-order valence-electron chi connectivity index (χ4n) is 2.23. The van der Waals surface area contributed by atoms with Crippen molar-refractivity contribution in [3.63, 3.8) is 0 Å². The largest absolute Gasteiger partial charge is 0.373 e. The Morgan fingerprint density at radius 1 is 1.71 bits per heavy atom. The molecule has 1 aliphatic heterocycles. The lowest BCUT2D eigenvalue weighted by Crippen LogP contribution is -2.48. The molecular formula is C11H18ClN3OS. The number of likely N-dealkylation sites (N-methyl/N-ethyl adjacent to an activating group) is 2. The first-order valence-corrected chi connectivity index (χ1v) is 7.07. The van der Waals surface area contributed by atoms with Crippen LogP contribution in [0.15, 0.2) is 6.20 Å². The van der Waals surface area contributed by atoms with Gasteiger partial charge in [-0.25, -0.2) is 4.98 Å². The minimum atomic E-state index is 0.149. The summed E-state index contributed by atoms with van der Waals surface area (Å²) in [6.45, 7) is 5.75. The Morgan fingerprint density at radius 2 is 2.53 bits per heavy atom. The molecule has 1 saturated heterocycles. The van der Waals surface area contributed by atoms with Gasteiger partial charge in [-0.05, 0) is 13.6 Å². The van der Waals surface area contributed by atoms with Crippen molar-refractivity contribution in [2.24, 2.45) is 0 Å². The number of nitrogens with zero attached hydrogens (tertiary/aromatic N) is 2. The summed E-state index contributed by atoms with van der Waals surface area (Å²) in [5.74, 6) is 0. The van der Waals surface area contributed by atoms with E-state index in [4.69, 9.17) is 16.3 Å². The van der Waals surface area contributed by atoms with Crippen molar-refractivity contribution in [3.05, 3.63) is 15.5 Å². The molecule has 2 rings (SSSR count). The Kier molecular flexibility index (Phi) is 4.76. The highest BCUT2D eigenvalue weighted by Gasteiger charge is 2.34. The SMILES string of the molecule is CCN1CCOC(CNC)C1c1ncc(Cl)s1.